The van der Waals surface area contributed by atoms with Crippen molar-refractivity contribution < 1.29 is 13.5 Å². The number of hydrogen-bond acceptors (Lipinski definition) is 4. The Balaban J connectivity index is 2.08. The van der Waals surface area contributed by atoms with Gasteiger partial charge in [0.1, 0.15) is 0 Å². The van der Waals surface area contributed by atoms with Crippen molar-refractivity contribution >= 4 is 9.84 Å². The van der Waals surface area contributed by atoms with E-state index in [1.165, 1.54) is 0 Å². The van der Waals surface area contributed by atoms with Gasteiger partial charge >= 0.3 is 0 Å². The number of rotatable bonds is 5. The van der Waals surface area contributed by atoms with Gasteiger partial charge in [0.2, 0.25) is 0 Å². The van der Waals surface area contributed by atoms with Crippen molar-refractivity contribution in [2.75, 3.05) is 18.9 Å². The van der Waals surface area contributed by atoms with Crippen molar-refractivity contribution in [2.24, 2.45) is 0 Å². The first-order chi connectivity index (χ1) is 8.63. The van der Waals surface area contributed by atoms with Gasteiger partial charge in [0.25, 0.3) is 0 Å². The van der Waals surface area contributed by atoms with Crippen LogP contribution in [0.3, 0.4) is 0 Å². The average molecular weight is 269 g/mol. The van der Waals surface area contributed by atoms with Crippen LogP contribution < -0.4 is 5.32 Å². The predicted octanol–water partition coefficient (Wildman–Crippen LogP) is 0.878. The Morgan fingerprint density at radius 1 is 1.33 bits per heavy atom. The van der Waals surface area contributed by atoms with Gasteiger partial charge in [-0.3, -0.25) is 0 Å². The monoisotopic (exact) mass is 269 g/mol. The van der Waals surface area contributed by atoms with Crippen LogP contribution in [0, 0.1) is 0 Å². The fourth-order valence-corrected chi connectivity index (χ4v) is 3.82. The van der Waals surface area contributed by atoms with E-state index in [1.54, 1.807) is 6.07 Å². The summed E-state index contributed by atoms with van der Waals surface area (Å²) in [6.45, 7) is 1.68. The van der Waals surface area contributed by atoms with Crippen molar-refractivity contribution in [1.29, 1.82) is 0 Å². The number of aliphatic hydroxyl groups is 1. The number of nitrogens with one attached hydrogen (secondary N) is 1. The zero-order chi connectivity index (χ0) is 13.0. The maximum Gasteiger partial charge on any atom is 0.178 e. The van der Waals surface area contributed by atoms with Gasteiger partial charge in [0.15, 0.2) is 9.84 Å². The SMILES string of the molecule is O=S1(=O)CCCc2cc(CNCCCO)ccc21. The number of fused-ring (bicyclic) bond motifs is 1. The Labute approximate surface area is 108 Å². The molecule has 1 aromatic carbocycles. The standard InChI is InChI=1S/C13H19NO3S/c15-7-2-6-14-10-11-4-5-13-12(9-11)3-1-8-18(13,16)17/h4-5,9,14-15H,1-3,6-8,10H2. The van der Waals surface area contributed by atoms with Gasteiger partial charge < -0.3 is 10.4 Å². The lowest BCUT2D eigenvalue weighted by atomic mass is 10.1. The van der Waals surface area contributed by atoms with Gasteiger partial charge in [-0.15, -0.1) is 0 Å². The zero-order valence-electron chi connectivity index (χ0n) is 10.4. The molecule has 2 N–H and O–H groups in total. The van der Waals surface area contributed by atoms with Crippen LogP contribution in [-0.2, 0) is 22.8 Å². The predicted molar refractivity (Wildman–Crippen MR) is 70.2 cm³/mol. The van der Waals surface area contributed by atoms with E-state index >= 15 is 0 Å². The van der Waals surface area contributed by atoms with Crippen molar-refractivity contribution in [2.45, 2.75) is 30.7 Å². The highest BCUT2D eigenvalue weighted by atomic mass is 32.2. The highest BCUT2D eigenvalue weighted by molar-refractivity contribution is 7.91. The number of sulfone groups is 1. The van der Waals surface area contributed by atoms with Crippen LogP contribution in [0.2, 0.25) is 0 Å². The highest BCUT2D eigenvalue weighted by Gasteiger charge is 2.23. The van der Waals surface area contributed by atoms with Crippen molar-refractivity contribution in [1.82, 2.24) is 5.32 Å². The molecule has 0 spiro atoms. The summed E-state index contributed by atoms with van der Waals surface area (Å²) in [5.74, 6) is 0.272. The second-order valence-electron chi connectivity index (χ2n) is 4.62. The molecule has 1 aliphatic heterocycles. The summed E-state index contributed by atoms with van der Waals surface area (Å²) < 4.78 is 23.7. The van der Waals surface area contributed by atoms with Gasteiger partial charge in [-0.25, -0.2) is 8.42 Å². The molecule has 5 heteroatoms. The summed E-state index contributed by atoms with van der Waals surface area (Å²) in [6.07, 6.45) is 2.30. The van der Waals surface area contributed by atoms with Crippen molar-refractivity contribution in [3.8, 4) is 0 Å². The van der Waals surface area contributed by atoms with E-state index in [-0.39, 0.29) is 12.4 Å². The van der Waals surface area contributed by atoms with E-state index in [4.69, 9.17) is 5.11 Å². The molecule has 0 aliphatic carbocycles. The summed E-state index contributed by atoms with van der Waals surface area (Å²) in [5.41, 5.74) is 2.05. The third kappa shape index (κ3) is 3.10. The van der Waals surface area contributed by atoms with E-state index in [0.717, 1.165) is 36.9 Å². The van der Waals surface area contributed by atoms with E-state index < -0.39 is 9.84 Å². The summed E-state index contributed by atoms with van der Waals surface area (Å²) in [6, 6.07) is 5.58. The Bertz CT molecular complexity index is 511. The molecule has 1 aromatic rings. The molecule has 18 heavy (non-hydrogen) atoms. The third-order valence-corrected chi connectivity index (χ3v) is 5.05. The lowest BCUT2D eigenvalue weighted by Crippen LogP contribution is -2.18. The lowest BCUT2D eigenvalue weighted by molar-refractivity contribution is 0.286. The second kappa shape index (κ2) is 5.82. The molecule has 0 amide bonds. The second-order valence-corrected chi connectivity index (χ2v) is 6.70. The first-order valence-electron chi connectivity index (χ1n) is 6.29. The third-order valence-electron chi connectivity index (χ3n) is 3.16. The molecule has 1 aliphatic rings. The van der Waals surface area contributed by atoms with Gasteiger partial charge in [0.05, 0.1) is 10.6 Å². The molecule has 0 atom stereocenters. The molecule has 0 bridgehead atoms. The number of aliphatic hydroxyl groups excluding tert-OH is 1. The minimum atomic E-state index is -3.04. The molecule has 0 aromatic heterocycles. The molecular formula is C13H19NO3S. The molecule has 0 radical (unpaired) electrons. The van der Waals surface area contributed by atoms with Gasteiger partial charge in [-0.2, -0.15) is 0 Å². The largest absolute Gasteiger partial charge is 0.396 e. The molecule has 0 unspecified atom stereocenters. The summed E-state index contributed by atoms with van der Waals surface area (Å²) >= 11 is 0. The Morgan fingerprint density at radius 2 is 2.17 bits per heavy atom. The minimum Gasteiger partial charge on any atom is -0.396 e. The van der Waals surface area contributed by atoms with Crippen LogP contribution in [0.4, 0.5) is 0 Å². The normalized spacial score (nSPS) is 17.4. The van der Waals surface area contributed by atoms with E-state index in [1.807, 2.05) is 12.1 Å². The van der Waals surface area contributed by atoms with E-state index in [9.17, 15) is 8.42 Å². The Hall–Kier alpha value is -0.910. The first kappa shape index (κ1) is 13.5. The molecule has 0 saturated carbocycles. The Kier molecular flexibility index (Phi) is 4.37. The van der Waals surface area contributed by atoms with Crippen LogP contribution in [-0.4, -0.2) is 32.4 Å². The fraction of sp³-hybridized carbons (Fsp3) is 0.538. The number of aryl methyl sites for hydroxylation is 1. The molecular weight excluding hydrogens is 250 g/mol. The average Bonchev–Trinajstić information content (AvgIpc) is 2.34. The fourth-order valence-electron chi connectivity index (χ4n) is 2.24. The smallest absolute Gasteiger partial charge is 0.178 e. The topological polar surface area (TPSA) is 66.4 Å². The van der Waals surface area contributed by atoms with Gasteiger partial charge in [0, 0.05) is 13.2 Å². The highest BCUT2D eigenvalue weighted by Crippen LogP contribution is 2.25. The van der Waals surface area contributed by atoms with Gasteiger partial charge in [-0.1, -0.05) is 12.1 Å². The summed E-state index contributed by atoms with van der Waals surface area (Å²) in [4.78, 5) is 0.507. The lowest BCUT2D eigenvalue weighted by Gasteiger charge is -2.17. The van der Waals surface area contributed by atoms with E-state index in [0.29, 0.717) is 11.4 Å². The maximum absolute atomic E-state index is 11.8. The summed E-state index contributed by atoms with van der Waals surface area (Å²) in [7, 11) is -3.04. The maximum atomic E-state index is 11.8. The Morgan fingerprint density at radius 3 is 2.94 bits per heavy atom. The van der Waals surface area contributed by atoms with Crippen molar-refractivity contribution in [3.05, 3.63) is 29.3 Å². The quantitative estimate of drug-likeness (QED) is 0.779. The summed E-state index contributed by atoms with van der Waals surface area (Å²) in [5, 5.41) is 11.9. The molecule has 4 nitrogen and oxygen atoms in total. The van der Waals surface area contributed by atoms with Crippen LogP contribution >= 0.6 is 0 Å². The van der Waals surface area contributed by atoms with Gasteiger partial charge in [-0.05, 0) is 43.0 Å². The van der Waals surface area contributed by atoms with Crippen LogP contribution in [0.5, 0.6) is 0 Å². The minimum absolute atomic E-state index is 0.190. The number of hydrogen-bond donors (Lipinski definition) is 2. The van der Waals surface area contributed by atoms with E-state index in [2.05, 4.69) is 5.32 Å². The molecule has 0 saturated heterocycles. The molecule has 2 rings (SSSR count). The van der Waals surface area contributed by atoms with Crippen LogP contribution in [0.1, 0.15) is 24.0 Å². The number of benzene rings is 1. The zero-order valence-corrected chi connectivity index (χ0v) is 11.2. The molecule has 100 valence electrons. The first-order valence-corrected chi connectivity index (χ1v) is 7.95. The van der Waals surface area contributed by atoms with Crippen LogP contribution in [0.25, 0.3) is 0 Å². The van der Waals surface area contributed by atoms with Crippen LogP contribution in [0.15, 0.2) is 23.1 Å². The molecule has 0 fully saturated rings. The molecule has 1 heterocycles. The van der Waals surface area contributed by atoms with Crippen molar-refractivity contribution in [3.63, 3.8) is 0 Å².